The molecule has 4 nitrogen and oxygen atoms in total. The largest absolute Gasteiger partial charge is 0.502 e. The lowest BCUT2D eigenvalue weighted by atomic mass is 9.91. The van der Waals surface area contributed by atoms with Crippen molar-refractivity contribution >= 4 is 44.0 Å². The standard InChI is InChI=1S/C25H13FN2O2/c26-13-10-11-19(29)18(12-13)28-16-6-1-4-14-22(16)25-23-15(27-14)5-2-8-20(23)30-21-9-3-7-17(28)24(21)25/h1-12,29H/p+1. The molecule has 4 aromatic carbocycles. The van der Waals surface area contributed by atoms with Crippen molar-refractivity contribution in [2.75, 3.05) is 0 Å². The van der Waals surface area contributed by atoms with E-state index in [9.17, 15) is 9.50 Å². The predicted octanol–water partition coefficient (Wildman–Crippen LogP) is 5.88. The number of aromatic nitrogens is 2. The molecule has 0 atom stereocenters. The van der Waals surface area contributed by atoms with E-state index in [0.29, 0.717) is 5.69 Å². The first-order valence-electron chi connectivity index (χ1n) is 9.71. The Morgan fingerprint density at radius 3 is 2.40 bits per heavy atom. The Kier molecular flexibility index (Phi) is 2.77. The Labute approximate surface area is 169 Å². The van der Waals surface area contributed by atoms with E-state index in [0.717, 1.165) is 55.1 Å². The summed E-state index contributed by atoms with van der Waals surface area (Å²) in [5, 5.41) is 12.6. The first-order chi connectivity index (χ1) is 14.7. The molecule has 0 saturated carbocycles. The summed E-state index contributed by atoms with van der Waals surface area (Å²) in [6.45, 7) is 0. The fourth-order valence-electron chi connectivity index (χ4n) is 4.82. The lowest BCUT2D eigenvalue weighted by Gasteiger charge is -2.19. The maximum atomic E-state index is 14.2. The van der Waals surface area contributed by atoms with Crippen molar-refractivity contribution in [3.05, 3.63) is 78.6 Å². The second-order valence-electron chi connectivity index (χ2n) is 7.60. The van der Waals surface area contributed by atoms with Gasteiger partial charge >= 0.3 is 0 Å². The van der Waals surface area contributed by atoms with Gasteiger partial charge in [0, 0.05) is 23.3 Å². The van der Waals surface area contributed by atoms with Crippen molar-refractivity contribution in [3.63, 3.8) is 0 Å². The summed E-state index contributed by atoms with van der Waals surface area (Å²) in [6, 6.07) is 21.8. The number of halogens is 1. The van der Waals surface area contributed by atoms with Gasteiger partial charge < -0.3 is 14.5 Å². The van der Waals surface area contributed by atoms with Crippen molar-refractivity contribution in [1.82, 2.24) is 4.98 Å². The fraction of sp³-hybridized carbons (Fsp3) is 0. The molecule has 0 amide bonds. The number of rotatable bonds is 1. The molecule has 30 heavy (non-hydrogen) atoms. The molecule has 7 rings (SSSR count). The Bertz CT molecular complexity index is 1630. The first kappa shape index (κ1) is 15.8. The van der Waals surface area contributed by atoms with Gasteiger partial charge in [0.2, 0.25) is 11.0 Å². The van der Waals surface area contributed by atoms with Gasteiger partial charge in [-0.05, 0) is 36.4 Å². The Balaban J connectivity index is 1.86. The molecule has 0 aliphatic carbocycles. The third-order valence-electron chi connectivity index (χ3n) is 5.97. The molecular weight excluding hydrogens is 379 g/mol. The number of hydrogen-bond donors (Lipinski definition) is 2. The van der Waals surface area contributed by atoms with E-state index in [4.69, 9.17) is 4.42 Å². The van der Waals surface area contributed by atoms with E-state index in [1.54, 1.807) is 0 Å². The van der Waals surface area contributed by atoms with Crippen molar-refractivity contribution in [2.24, 2.45) is 0 Å². The zero-order chi connectivity index (χ0) is 20.0. The van der Waals surface area contributed by atoms with Gasteiger partial charge in [0.05, 0.1) is 27.9 Å². The van der Waals surface area contributed by atoms with Gasteiger partial charge in [-0.15, -0.1) is 4.57 Å². The predicted molar refractivity (Wildman–Crippen MR) is 114 cm³/mol. The van der Waals surface area contributed by atoms with Crippen LogP contribution >= 0.6 is 0 Å². The summed E-state index contributed by atoms with van der Waals surface area (Å²) >= 11 is 0. The summed E-state index contributed by atoms with van der Waals surface area (Å²) in [5.74, 6) is -0.397. The maximum Gasteiger partial charge on any atom is 0.256 e. The number of nitrogens with one attached hydrogen (secondary N) is 1. The minimum Gasteiger partial charge on any atom is -0.502 e. The van der Waals surface area contributed by atoms with Crippen LogP contribution in [0, 0.1) is 5.82 Å². The van der Waals surface area contributed by atoms with Crippen LogP contribution in [0.4, 0.5) is 4.39 Å². The number of phenols is 1. The summed E-state index contributed by atoms with van der Waals surface area (Å²) in [7, 11) is 0. The van der Waals surface area contributed by atoms with Crippen molar-refractivity contribution in [3.8, 4) is 22.6 Å². The van der Waals surface area contributed by atoms with Crippen LogP contribution in [-0.4, -0.2) is 10.1 Å². The van der Waals surface area contributed by atoms with Gasteiger partial charge in [0.1, 0.15) is 17.0 Å². The van der Waals surface area contributed by atoms with Crippen LogP contribution in [0.2, 0.25) is 0 Å². The number of H-pyrrole nitrogens is 1. The van der Waals surface area contributed by atoms with Gasteiger partial charge in [-0.25, -0.2) is 4.39 Å². The summed E-state index contributed by atoms with van der Waals surface area (Å²) in [5.41, 5.74) is 7.76. The molecule has 142 valence electrons. The molecule has 2 aliphatic heterocycles. The van der Waals surface area contributed by atoms with E-state index >= 15 is 0 Å². The zero-order valence-corrected chi connectivity index (χ0v) is 15.6. The van der Waals surface area contributed by atoms with E-state index in [-0.39, 0.29) is 5.75 Å². The van der Waals surface area contributed by atoms with Crippen molar-refractivity contribution in [1.29, 1.82) is 0 Å². The molecule has 3 heterocycles. The number of aromatic amines is 1. The number of hydrogen-bond acceptors (Lipinski definition) is 2. The minimum atomic E-state index is -0.408. The third-order valence-corrected chi connectivity index (χ3v) is 5.97. The lowest BCUT2D eigenvalue weighted by molar-refractivity contribution is -0.538. The van der Waals surface area contributed by atoms with E-state index in [1.165, 1.54) is 18.2 Å². The smallest absolute Gasteiger partial charge is 0.256 e. The van der Waals surface area contributed by atoms with Crippen LogP contribution in [0.15, 0.2) is 77.2 Å². The number of benzene rings is 4. The quantitative estimate of drug-likeness (QED) is 0.208. The summed E-state index contributed by atoms with van der Waals surface area (Å²) in [4.78, 5) is 3.51. The van der Waals surface area contributed by atoms with Crippen LogP contribution in [0.25, 0.3) is 60.8 Å². The Morgan fingerprint density at radius 1 is 0.767 bits per heavy atom. The summed E-state index contributed by atoms with van der Waals surface area (Å²) in [6.07, 6.45) is 0. The van der Waals surface area contributed by atoms with Crippen LogP contribution in [-0.2, 0) is 0 Å². The maximum absolute atomic E-state index is 14.2. The molecular formula is C25H14FN2O2+. The molecule has 2 aliphatic rings. The van der Waals surface area contributed by atoms with Crippen LogP contribution in [0.1, 0.15) is 0 Å². The highest BCUT2D eigenvalue weighted by Crippen LogP contribution is 2.46. The number of nitrogens with zero attached hydrogens (tertiary/aromatic N) is 1. The van der Waals surface area contributed by atoms with Crippen molar-refractivity contribution < 1.29 is 18.5 Å². The Hall–Kier alpha value is -4.12. The molecule has 0 spiro atoms. The molecule has 1 aromatic heterocycles. The summed E-state index contributed by atoms with van der Waals surface area (Å²) < 4.78 is 22.4. The van der Waals surface area contributed by atoms with Gasteiger partial charge in [-0.3, -0.25) is 0 Å². The van der Waals surface area contributed by atoms with Gasteiger partial charge in [0.25, 0.3) is 5.69 Å². The lowest BCUT2D eigenvalue weighted by Crippen LogP contribution is -2.33. The molecule has 0 radical (unpaired) electrons. The minimum absolute atomic E-state index is 0.0108. The monoisotopic (exact) mass is 393 g/mol. The van der Waals surface area contributed by atoms with Crippen LogP contribution in [0.5, 0.6) is 5.75 Å². The highest BCUT2D eigenvalue weighted by molar-refractivity contribution is 6.23. The van der Waals surface area contributed by atoms with E-state index in [2.05, 4.69) is 4.98 Å². The first-order valence-corrected chi connectivity index (χ1v) is 9.71. The molecule has 5 aromatic rings. The number of pyridine rings is 2. The number of phenolic OH excluding ortho intramolecular Hbond substituents is 1. The highest BCUT2D eigenvalue weighted by Gasteiger charge is 2.31. The van der Waals surface area contributed by atoms with Gasteiger partial charge in [-0.1, -0.05) is 18.2 Å². The second kappa shape index (κ2) is 5.27. The SMILES string of the molecule is Oc1ccc(F)cc1-[n+]1c2cccc3[nH]c4cccc5oc6cccc1c6c(c32)-c45. The molecule has 0 saturated heterocycles. The van der Waals surface area contributed by atoms with Crippen LogP contribution < -0.4 is 4.57 Å². The van der Waals surface area contributed by atoms with Crippen LogP contribution in [0.3, 0.4) is 0 Å². The third kappa shape index (κ3) is 1.82. The molecule has 2 N–H and O–H groups in total. The second-order valence-corrected chi connectivity index (χ2v) is 7.60. The molecule has 0 unspecified atom stereocenters. The normalized spacial score (nSPS) is 12.3. The van der Waals surface area contributed by atoms with E-state index in [1.807, 2.05) is 59.2 Å². The number of aromatic hydroxyl groups is 1. The molecule has 0 fully saturated rings. The van der Waals surface area contributed by atoms with Crippen molar-refractivity contribution in [2.45, 2.75) is 0 Å². The average Bonchev–Trinajstić information content (AvgIpc) is 2.76. The topological polar surface area (TPSA) is 53.0 Å². The Morgan fingerprint density at radius 2 is 1.50 bits per heavy atom. The fourth-order valence-corrected chi connectivity index (χ4v) is 4.82. The molecule has 5 heteroatoms. The van der Waals surface area contributed by atoms with Gasteiger partial charge in [0.15, 0.2) is 5.75 Å². The zero-order valence-electron chi connectivity index (χ0n) is 15.6. The molecule has 0 bridgehead atoms. The van der Waals surface area contributed by atoms with Gasteiger partial charge in [-0.2, -0.15) is 0 Å². The average molecular weight is 393 g/mol. The highest BCUT2D eigenvalue weighted by atomic mass is 19.1. The van der Waals surface area contributed by atoms with E-state index < -0.39 is 5.82 Å².